The number of primary amides is 1. The Morgan fingerprint density at radius 3 is 2.80 bits per heavy atom. The highest BCUT2D eigenvalue weighted by molar-refractivity contribution is 7.08. The Balaban J connectivity index is 1.95. The summed E-state index contributed by atoms with van der Waals surface area (Å²) in [6, 6.07) is 3.12. The normalized spacial score (nSPS) is 16.6. The molecule has 134 valence electrons. The van der Waals surface area contributed by atoms with Gasteiger partial charge in [0.2, 0.25) is 17.1 Å². The second-order valence-corrected chi connectivity index (χ2v) is 6.74. The first-order valence-corrected chi connectivity index (χ1v) is 8.95. The van der Waals surface area contributed by atoms with E-state index >= 15 is 0 Å². The lowest BCUT2D eigenvalue weighted by Gasteiger charge is -2.26. The molecule has 1 saturated heterocycles. The third-order valence-electron chi connectivity index (χ3n) is 4.15. The number of morpholine rings is 1. The fourth-order valence-electron chi connectivity index (χ4n) is 2.89. The minimum absolute atomic E-state index is 0.0474. The number of thiophene rings is 1. The van der Waals surface area contributed by atoms with E-state index in [0.717, 1.165) is 18.7 Å². The van der Waals surface area contributed by atoms with E-state index in [9.17, 15) is 14.7 Å². The molecule has 0 aromatic carbocycles. The van der Waals surface area contributed by atoms with Gasteiger partial charge in [-0.25, -0.2) is 0 Å². The summed E-state index contributed by atoms with van der Waals surface area (Å²) in [4.78, 5) is 25.8. The molecule has 1 aliphatic heterocycles. The van der Waals surface area contributed by atoms with E-state index in [1.165, 1.54) is 17.4 Å². The lowest BCUT2D eigenvalue weighted by atomic mass is 9.94. The van der Waals surface area contributed by atoms with Gasteiger partial charge in [-0.15, -0.1) is 0 Å². The first kappa shape index (κ1) is 17.7. The van der Waals surface area contributed by atoms with Gasteiger partial charge < -0.3 is 20.0 Å². The molecule has 0 aliphatic carbocycles. The van der Waals surface area contributed by atoms with Crippen LogP contribution in [0.4, 0.5) is 0 Å². The van der Waals surface area contributed by atoms with Crippen molar-refractivity contribution in [3.05, 3.63) is 50.2 Å². The average molecular weight is 364 g/mol. The minimum atomic E-state index is -0.582. The molecule has 1 amide bonds. The summed E-state index contributed by atoms with van der Waals surface area (Å²) < 4.78 is 11.2. The van der Waals surface area contributed by atoms with Crippen molar-refractivity contribution in [2.45, 2.75) is 18.9 Å². The van der Waals surface area contributed by atoms with Crippen molar-refractivity contribution in [1.82, 2.24) is 4.90 Å². The fraction of sp³-hybridized carbons (Fsp3) is 0.412. The van der Waals surface area contributed by atoms with E-state index in [1.54, 1.807) is 0 Å². The molecule has 2 aromatic heterocycles. The summed E-state index contributed by atoms with van der Waals surface area (Å²) in [6.45, 7) is 3.20. The van der Waals surface area contributed by atoms with E-state index in [-0.39, 0.29) is 12.2 Å². The molecular weight excluding hydrogens is 344 g/mol. The molecule has 3 heterocycles. The lowest BCUT2D eigenvalue weighted by molar-refractivity contribution is -0.118. The van der Waals surface area contributed by atoms with Crippen molar-refractivity contribution in [2.24, 2.45) is 5.73 Å². The summed E-state index contributed by atoms with van der Waals surface area (Å²) in [7, 11) is 0. The molecule has 3 rings (SSSR count). The first-order chi connectivity index (χ1) is 12.0. The zero-order valence-electron chi connectivity index (χ0n) is 13.6. The zero-order valence-corrected chi connectivity index (χ0v) is 14.5. The molecule has 8 heteroatoms. The molecular formula is C17H20N2O5S. The van der Waals surface area contributed by atoms with Crippen molar-refractivity contribution >= 4 is 17.2 Å². The summed E-state index contributed by atoms with van der Waals surface area (Å²) in [5.74, 6) is -1.04. The standard InChI is InChI=1S/C17H20N2O5S/c18-15(21)8-13(11-1-6-25-10-11)17-16(22)14(20)7-12(24-17)9-19-2-4-23-5-3-19/h1,6-7,10,13,22H,2-5,8-9H2,(H2,18,21). The number of amides is 1. The largest absolute Gasteiger partial charge is 0.502 e. The van der Waals surface area contributed by atoms with Crippen LogP contribution in [0.25, 0.3) is 0 Å². The first-order valence-electron chi connectivity index (χ1n) is 8.01. The Morgan fingerprint density at radius 2 is 2.16 bits per heavy atom. The third-order valence-corrected chi connectivity index (χ3v) is 4.85. The number of hydrogen-bond donors (Lipinski definition) is 2. The van der Waals surface area contributed by atoms with Gasteiger partial charge in [0.05, 0.1) is 25.7 Å². The number of carbonyl (C=O) groups is 1. The maximum Gasteiger partial charge on any atom is 0.227 e. The number of nitrogens with two attached hydrogens (primary N) is 1. The van der Waals surface area contributed by atoms with E-state index < -0.39 is 23.0 Å². The SMILES string of the molecule is NC(=O)CC(c1ccsc1)c1oc(CN2CCOCC2)cc(=O)c1O. The third kappa shape index (κ3) is 4.28. The number of hydrogen-bond acceptors (Lipinski definition) is 7. The van der Waals surface area contributed by atoms with Gasteiger partial charge in [-0.1, -0.05) is 0 Å². The minimum Gasteiger partial charge on any atom is -0.502 e. The Bertz CT molecular complexity index is 781. The van der Waals surface area contributed by atoms with Gasteiger partial charge in [-0.3, -0.25) is 14.5 Å². The number of aromatic hydroxyl groups is 1. The van der Waals surface area contributed by atoms with Crippen LogP contribution in [0.2, 0.25) is 0 Å². The fourth-order valence-corrected chi connectivity index (χ4v) is 3.60. The van der Waals surface area contributed by atoms with Crippen LogP contribution < -0.4 is 11.2 Å². The molecule has 1 fully saturated rings. The van der Waals surface area contributed by atoms with Crippen LogP contribution in [0.3, 0.4) is 0 Å². The Hall–Kier alpha value is -2.16. The second kappa shape index (κ2) is 7.81. The molecule has 1 aliphatic rings. The molecule has 1 atom stereocenters. The predicted octanol–water partition coefficient (Wildman–Crippen LogP) is 1.25. The number of nitrogens with zero attached hydrogens (tertiary/aromatic N) is 1. The van der Waals surface area contributed by atoms with Crippen molar-refractivity contribution in [3.63, 3.8) is 0 Å². The van der Waals surface area contributed by atoms with Crippen molar-refractivity contribution in [2.75, 3.05) is 26.3 Å². The Kier molecular flexibility index (Phi) is 5.52. The van der Waals surface area contributed by atoms with Gasteiger partial charge in [0, 0.05) is 25.6 Å². The van der Waals surface area contributed by atoms with Crippen molar-refractivity contribution in [1.29, 1.82) is 0 Å². The lowest BCUT2D eigenvalue weighted by Crippen LogP contribution is -2.35. The predicted molar refractivity (Wildman–Crippen MR) is 92.7 cm³/mol. The summed E-state index contributed by atoms with van der Waals surface area (Å²) in [5.41, 5.74) is 5.62. The van der Waals surface area contributed by atoms with Gasteiger partial charge in [0.15, 0.2) is 5.76 Å². The highest BCUT2D eigenvalue weighted by atomic mass is 32.1. The van der Waals surface area contributed by atoms with E-state index in [2.05, 4.69) is 4.90 Å². The number of carbonyl (C=O) groups excluding carboxylic acids is 1. The highest BCUT2D eigenvalue weighted by Gasteiger charge is 2.26. The summed E-state index contributed by atoms with van der Waals surface area (Å²) in [5, 5.41) is 13.9. The molecule has 0 spiro atoms. The van der Waals surface area contributed by atoms with E-state index in [0.29, 0.717) is 25.5 Å². The van der Waals surface area contributed by atoms with Gasteiger partial charge in [0.1, 0.15) is 5.76 Å². The molecule has 3 N–H and O–H groups in total. The van der Waals surface area contributed by atoms with Gasteiger partial charge in [-0.05, 0) is 22.4 Å². The topological polar surface area (TPSA) is 106 Å². The van der Waals surface area contributed by atoms with Crippen molar-refractivity contribution in [3.8, 4) is 5.75 Å². The quantitative estimate of drug-likeness (QED) is 0.799. The van der Waals surface area contributed by atoms with Crippen LogP contribution in [0.1, 0.15) is 29.4 Å². The van der Waals surface area contributed by atoms with Crippen LogP contribution in [0.5, 0.6) is 5.75 Å². The van der Waals surface area contributed by atoms with Crippen LogP contribution >= 0.6 is 11.3 Å². The van der Waals surface area contributed by atoms with Crippen LogP contribution in [0, 0.1) is 0 Å². The zero-order chi connectivity index (χ0) is 17.8. The van der Waals surface area contributed by atoms with E-state index in [4.69, 9.17) is 14.9 Å². The van der Waals surface area contributed by atoms with Gasteiger partial charge >= 0.3 is 0 Å². The van der Waals surface area contributed by atoms with Gasteiger partial charge in [-0.2, -0.15) is 11.3 Å². The molecule has 1 unspecified atom stereocenters. The van der Waals surface area contributed by atoms with E-state index in [1.807, 2.05) is 16.8 Å². The molecule has 0 bridgehead atoms. The molecule has 25 heavy (non-hydrogen) atoms. The Morgan fingerprint density at radius 1 is 1.40 bits per heavy atom. The molecule has 0 saturated carbocycles. The maximum absolute atomic E-state index is 12.2. The van der Waals surface area contributed by atoms with Crippen molar-refractivity contribution < 1.29 is 19.1 Å². The van der Waals surface area contributed by atoms with Crippen LogP contribution in [-0.2, 0) is 16.1 Å². The van der Waals surface area contributed by atoms with Crippen LogP contribution in [0.15, 0.2) is 32.1 Å². The maximum atomic E-state index is 12.2. The molecule has 2 aromatic rings. The monoisotopic (exact) mass is 364 g/mol. The number of rotatable bonds is 6. The second-order valence-electron chi connectivity index (χ2n) is 5.96. The Labute approximate surface area is 148 Å². The number of ether oxygens (including phenoxy) is 1. The molecule has 0 radical (unpaired) electrons. The smallest absolute Gasteiger partial charge is 0.227 e. The summed E-state index contributed by atoms with van der Waals surface area (Å²) in [6.07, 6.45) is -0.0474. The van der Waals surface area contributed by atoms with Crippen LogP contribution in [-0.4, -0.2) is 42.2 Å². The highest BCUT2D eigenvalue weighted by Crippen LogP contribution is 2.34. The van der Waals surface area contributed by atoms with Gasteiger partial charge in [0.25, 0.3) is 0 Å². The average Bonchev–Trinajstić information content (AvgIpc) is 3.11. The summed E-state index contributed by atoms with van der Waals surface area (Å²) >= 11 is 1.46. The molecule has 7 nitrogen and oxygen atoms in total.